The molecule has 49 heavy (non-hydrogen) atoms. The number of methoxy groups -OCH3 is 2. The first kappa shape index (κ1) is 37.1. The first-order chi connectivity index (χ1) is 23.1. The molecular formula is C23H33N9O15P2-2. The number of nitrogen functional groups attached to an aromatic ring is 2. The molecule has 2 fully saturated rings. The molecule has 0 aliphatic carbocycles. The Balaban J connectivity index is 1.42. The van der Waals surface area contributed by atoms with Crippen LogP contribution in [0.15, 0.2) is 28.2 Å². The quantitative estimate of drug-likeness (QED) is 0.0634. The number of fused-ring (bicyclic) bond motifs is 1. The number of anilines is 2. The number of phosphoric ester groups is 1. The molecule has 2 aliphatic rings. The van der Waals surface area contributed by atoms with Gasteiger partial charge in [-0.05, 0) is 6.07 Å². The van der Waals surface area contributed by atoms with E-state index in [0.29, 0.717) is 0 Å². The van der Waals surface area contributed by atoms with Crippen LogP contribution in [0.3, 0.4) is 0 Å². The minimum atomic E-state index is -5.56. The molecule has 5 rings (SSSR count). The average Bonchev–Trinajstić information content (AvgIpc) is 3.68. The number of phosphoric acid groups is 1. The van der Waals surface area contributed by atoms with Crippen molar-refractivity contribution in [2.24, 2.45) is 0 Å². The predicted octanol–water partition coefficient (Wildman–Crippen LogP) is -4.34. The average molecular weight is 738 g/mol. The summed E-state index contributed by atoms with van der Waals surface area (Å²) >= 11 is 0. The molecule has 0 unspecified atom stereocenters. The van der Waals surface area contributed by atoms with Crippen LogP contribution in [0, 0.1) is 0 Å². The third-order valence-corrected chi connectivity index (χ3v) is 9.51. The number of imidazole rings is 1. The summed E-state index contributed by atoms with van der Waals surface area (Å²) in [5, 5.41) is 23.9. The number of nitrogens with one attached hydrogen (secondary N) is 2. The number of aliphatic hydroxyl groups excluding tert-OH is 2. The minimum Gasteiger partial charge on any atom is -0.790 e. The van der Waals surface area contributed by atoms with Crippen LogP contribution in [0.1, 0.15) is 12.5 Å². The Hall–Kier alpha value is -3.19. The van der Waals surface area contributed by atoms with Crippen molar-refractivity contribution in [3.8, 4) is 0 Å². The highest BCUT2D eigenvalue weighted by Crippen LogP contribution is 2.50. The van der Waals surface area contributed by atoms with Crippen LogP contribution in [0.25, 0.3) is 11.2 Å². The molecule has 24 nitrogen and oxygen atoms in total. The number of nitrogens with zero attached hydrogens (tertiary/aromatic N) is 5. The molecule has 0 saturated carbocycles. The fraction of sp³-hybridized carbons (Fsp3) is 0.609. The first-order valence-corrected chi connectivity index (χ1v) is 17.3. The molecule has 5 heterocycles. The first-order valence-electron chi connectivity index (χ1n) is 14.2. The van der Waals surface area contributed by atoms with E-state index in [0.717, 1.165) is 10.9 Å². The van der Waals surface area contributed by atoms with E-state index in [4.69, 9.17) is 39.5 Å². The lowest BCUT2D eigenvalue weighted by Crippen LogP contribution is -2.40. The van der Waals surface area contributed by atoms with Crippen LogP contribution in [-0.4, -0.2) is 116 Å². The van der Waals surface area contributed by atoms with Gasteiger partial charge in [0.25, 0.3) is 5.56 Å². The zero-order chi connectivity index (χ0) is 35.7. The molecule has 9 atom stereocenters. The lowest BCUT2D eigenvalue weighted by atomic mass is 10.1. The van der Waals surface area contributed by atoms with Crippen LogP contribution < -0.4 is 37.6 Å². The molecule has 2 saturated heterocycles. The molecule has 3 aromatic heterocycles. The second-order valence-electron chi connectivity index (χ2n) is 10.6. The van der Waals surface area contributed by atoms with E-state index >= 15 is 0 Å². The molecule has 3 aromatic rings. The second kappa shape index (κ2) is 15.0. The summed E-state index contributed by atoms with van der Waals surface area (Å²) in [5.41, 5.74) is 9.45. The molecule has 0 bridgehead atoms. The van der Waals surface area contributed by atoms with Crippen molar-refractivity contribution in [2.75, 3.05) is 52.1 Å². The van der Waals surface area contributed by atoms with Gasteiger partial charge in [0.1, 0.15) is 42.4 Å². The maximum absolute atomic E-state index is 14.2. The van der Waals surface area contributed by atoms with E-state index in [1.54, 1.807) is 0 Å². The van der Waals surface area contributed by atoms with Crippen molar-refractivity contribution in [1.29, 1.82) is 0 Å². The highest BCUT2D eigenvalue weighted by atomic mass is 31.2. The second-order valence-corrected chi connectivity index (χ2v) is 13.6. The van der Waals surface area contributed by atoms with Gasteiger partial charge in [-0.25, -0.2) is 19.4 Å². The lowest BCUT2D eigenvalue weighted by molar-refractivity contribution is -0.343. The molecule has 2 aliphatic heterocycles. The van der Waals surface area contributed by atoms with Gasteiger partial charge in [-0.15, -0.1) is 0 Å². The smallest absolute Gasteiger partial charge is 0.406 e. The highest BCUT2D eigenvalue weighted by Gasteiger charge is 2.52. The van der Waals surface area contributed by atoms with Crippen molar-refractivity contribution in [3.63, 3.8) is 0 Å². The van der Waals surface area contributed by atoms with Gasteiger partial charge >= 0.3 is 13.4 Å². The van der Waals surface area contributed by atoms with Crippen molar-refractivity contribution in [2.45, 2.75) is 49.1 Å². The number of aromatic amines is 1. The third-order valence-electron chi connectivity index (χ3n) is 7.42. The molecule has 0 amide bonds. The zero-order valence-electron chi connectivity index (χ0n) is 25.7. The number of hydrogen-bond donors (Lipinski definition) is 6. The fourth-order valence-corrected chi connectivity index (χ4v) is 7.02. The van der Waals surface area contributed by atoms with E-state index in [9.17, 15) is 38.7 Å². The van der Waals surface area contributed by atoms with Crippen molar-refractivity contribution in [3.05, 3.63) is 39.4 Å². The Kier molecular flexibility index (Phi) is 11.3. The van der Waals surface area contributed by atoms with Gasteiger partial charge < -0.3 is 59.5 Å². The van der Waals surface area contributed by atoms with Crippen molar-refractivity contribution < 1.29 is 61.6 Å². The van der Waals surface area contributed by atoms with E-state index in [-0.39, 0.29) is 36.1 Å². The fourth-order valence-electron chi connectivity index (χ4n) is 5.18. The van der Waals surface area contributed by atoms with Crippen molar-refractivity contribution in [1.82, 2.24) is 34.2 Å². The van der Waals surface area contributed by atoms with Gasteiger partial charge in [-0.2, -0.15) is 9.97 Å². The zero-order valence-corrected chi connectivity index (χ0v) is 27.5. The number of hydrogen-bond acceptors (Lipinski definition) is 20. The summed E-state index contributed by atoms with van der Waals surface area (Å²) in [4.78, 5) is 61.4. The standard InChI is InChI=1S/C23H35N9O15P2/c1-41-6-4-27-48(37,43-7-10-14(33)15(34)20(45-10)31-5-3-12(24)28-23(31)36)47-16-11(8-44-49(38,39)40)46-21(17(16)42-2)32-9-26-13-18(32)29-22(25)30-19(13)35/h3,5,9-11,14-17,20-21,33-34H,4,6-8H2,1-2H3,(H,27,37)(H2,24,28,36)(H2,38,39,40)(H3,25,29,30,35)/p-2/t10-,11-,14-,15-,16-,17-,20-,21-,48+/m1/s1. The molecule has 0 aromatic carbocycles. The van der Waals surface area contributed by atoms with Gasteiger partial charge in [0, 0.05) is 27.0 Å². The van der Waals surface area contributed by atoms with Gasteiger partial charge in [0.05, 0.1) is 34.0 Å². The SMILES string of the molecule is COCCN[P@](=O)(OC[C@H]1O[C@@H](n2ccc(N)nc2=O)[C@H](O)[C@@H]1O)O[C@H]1[C@@H](OC)[C@H](n2cnc3c(=O)[nH]c(N)nc32)O[C@@H]1COP(=O)([O-])[O-]. The van der Waals surface area contributed by atoms with Crippen LogP contribution in [0.4, 0.5) is 11.8 Å². The molecule has 272 valence electrons. The summed E-state index contributed by atoms with van der Waals surface area (Å²) in [7, 11) is -7.57. The number of H-pyrrole nitrogens is 1. The normalized spacial score (nSPS) is 28.7. The van der Waals surface area contributed by atoms with Gasteiger partial charge in [-0.1, -0.05) is 0 Å². The largest absolute Gasteiger partial charge is 0.790 e. The van der Waals surface area contributed by atoms with Crippen molar-refractivity contribution >= 4 is 38.5 Å². The van der Waals surface area contributed by atoms with E-state index < -0.39 is 89.1 Å². The van der Waals surface area contributed by atoms with Gasteiger partial charge in [0.2, 0.25) is 5.95 Å². The molecular weight excluding hydrogens is 704 g/mol. The Bertz CT molecular complexity index is 1830. The molecule has 8 N–H and O–H groups in total. The van der Waals surface area contributed by atoms with E-state index in [2.05, 4.69) is 29.5 Å². The van der Waals surface area contributed by atoms with Crippen LogP contribution in [0.2, 0.25) is 0 Å². The number of aromatic nitrogens is 6. The number of nitrogens with two attached hydrogens (primary N) is 2. The Morgan fingerprint density at radius 3 is 2.41 bits per heavy atom. The summed E-state index contributed by atoms with van der Waals surface area (Å²) in [5.74, 6) is -0.354. The maximum Gasteiger partial charge on any atom is 0.406 e. The van der Waals surface area contributed by atoms with Crippen LogP contribution in [-0.2, 0) is 41.6 Å². The lowest BCUT2D eigenvalue weighted by Gasteiger charge is -2.32. The predicted molar refractivity (Wildman–Crippen MR) is 158 cm³/mol. The topological polar surface area (TPSA) is 348 Å². The summed E-state index contributed by atoms with van der Waals surface area (Å²) in [6, 6.07) is 1.27. The van der Waals surface area contributed by atoms with E-state index in [1.807, 2.05) is 0 Å². The minimum absolute atomic E-state index is 0.00461. The Morgan fingerprint density at radius 2 is 1.73 bits per heavy atom. The summed E-state index contributed by atoms with van der Waals surface area (Å²) in [6.45, 7) is -1.78. The molecule has 0 radical (unpaired) electrons. The molecule has 0 spiro atoms. The summed E-state index contributed by atoms with van der Waals surface area (Å²) in [6.07, 6.45) is -9.40. The number of aliphatic hydroxyl groups is 2. The Labute approximate surface area is 275 Å². The van der Waals surface area contributed by atoms with Crippen LogP contribution in [0.5, 0.6) is 0 Å². The Morgan fingerprint density at radius 1 is 1.02 bits per heavy atom. The summed E-state index contributed by atoms with van der Waals surface area (Å²) < 4.78 is 65.9. The van der Waals surface area contributed by atoms with Crippen LogP contribution >= 0.6 is 15.6 Å². The van der Waals surface area contributed by atoms with E-state index in [1.165, 1.54) is 31.0 Å². The highest BCUT2D eigenvalue weighted by molar-refractivity contribution is 7.51. The third kappa shape index (κ3) is 8.24. The maximum atomic E-state index is 14.2. The monoisotopic (exact) mass is 737 g/mol. The van der Waals surface area contributed by atoms with Gasteiger partial charge in [0.15, 0.2) is 23.6 Å². The number of ether oxygens (including phenoxy) is 4. The molecule has 26 heteroatoms. The number of rotatable bonds is 15. The van der Waals surface area contributed by atoms with Gasteiger partial charge in [-0.3, -0.25) is 28.0 Å².